The lowest BCUT2D eigenvalue weighted by Crippen LogP contribution is -2.41. The van der Waals surface area contributed by atoms with Gasteiger partial charge in [-0.25, -0.2) is 8.42 Å². The Hall–Kier alpha value is -1.09. The zero-order valence-corrected chi connectivity index (χ0v) is 12.8. The Kier molecular flexibility index (Phi) is 4.69. The van der Waals surface area contributed by atoms with Gasteiger partial charge in [0.05, 0.1) is 0 Å². The molecular formula is C12H17N3O3S2. The van der Waals surface area contributed by atoms with E-state index in [1.54, 1.807) is 13.1 Å². The number of nitrogens with two attached hydrogens (primary N) is 1. The number of pyridine rings is 1. The van der Waals surface area contributed by atoms with Crippen LogP contribution in [-0.4, -0.2) is 49.0 Å². The molecule has 0 amide bonds. The SMILES string of the molecule is CN(C1CCOCC1)S(=O)(=O)c1cccnc1C(N)=S. The fraction of sp³-hybridized carbons (Fsp3) is 0.500. The van der Waals surface area contributed by atoms with Gasteiger partial charge in [0.25, 0.3) is 0 Å². The molecule has 1 aliphatic rings. The summed E-state index contributed by atoms with van der Waals surface area (Å²) in [6.45, 7) is 1.14. The van der Waals surface area contributed by atoms with E-state index in [1.165, 1.54) is 16.6 Å². The number of sulfonamides is 1. The summed E-state index contributed by atoms with van der Waals surface area (Å²) < 4.78 is 32.0. The van der Waals surface area contributed by atoms with Gasteiger partial charge in [-0.15, -0.1) is 0 Å². The normalized spacial score (nSPS) is 17.3. The minimum Gasteiger partial charge on any atom is -0.388 e. The van der Waals surface area contributed by atoms with Crippen LogP contribution in [0.1, 0.15) is 18.5 Å². The largest absolute Gasteiger partial charge is 0.388 e. The summed E-state index contributed by atoms with van der Waals surface area (Å²) in [5.74, 6) is 0. The molecule has 1 fully saturated rings. The van der Waals surface area contributed by atoms with Crippen molar-refractivity contribution in [1.29, 1.82) is 0 Å². The topological polar surface area (TPSA) is 85.5 Å². The van der Waals surface area contributed by atoms with Gasteiger partial charge in [-0.2, -0.15) is 4.31 Å². The molecule has 2 rings (SSSR count). The maximum absolute atomic E-state index is 12.7. The molecule has 20 heavy (non-hydrogen) atoms. The van der Waals surface area contributed by atoms with Crippen LogP contribution in [0.2, 0.25) is 0 Å². The molecule has 8 heteroatoms. The van der Waals surface area contributed by atoms with Crippen molar-refractivity contribution in [2.45, 2.75) is 23.8 Å². The molecule has 0 bridgehead atoms. The van der Waals surface area contributed by atoms with Crippen molar-refractivity contribution in [3.63, 3.8) is 0 Å². The van der Waals surface area contributed by atoms with Gasteiger partial charge in [0.2, 0.25) is 10.0 Å². The van der Waals surface area contributed by atoms with Gasteiger partial charge in [-0.1, -0.05) is 12.2 Å². The summed E-state index contributed by atoms with van der Waals surface area (Å²) in [7, 11) is -2.10. The van der Waals surface area contributed by atoms with E-state index in [4.69, 9.17) is 22.7 Å². The molecule has 0 radical (unpaired) electrons. The molecule has 1 aromatic rings. The summed E-state index contributed by atoms with van der Waals surface area (Å²) in [5.41, 5.74) is 5.70. The van der Waals surface area contributed by atoms with E-state index in [0.29, 0.717) is 26.1 Å². The highest BCUT2D eigenvalue weighted by molar-refractivity contribution is 7.89. The van der Waals surface area contributed by atoms with Crippen LogP contribution < -0.4 is 5.73 Å². The third-order valence-corrected chi connectivity index (χ3v) is 5.50. The average molecular weight is 315 g/mol. The van der Waals surface area contributed by atoms with E-state index in [2.05, 4.69) is 4.98 Å². The van der Waals surface area contributed by atoms with Crippen LogP contribution in [0.25, 0.3) is 0 Å². The van der Waals surface area contributed by atoms with Crippen LogP contribution in [0.15, 0.2) is 23.2 Å². The van der Waals surface area contributed by atoms with E-state index in [-0.39, 0.29) is 21.6 Å². The molecule has 1 aromatic heterocycles. The Morgan fingerprint density at radius 1 is 1.50 bits per heavy atom. The van der Waals surface area contributed by atoms with Crippen LogP contribution in [-0.2, 0) is 14.8 Å². The highest BCUT2D eigenvalue weighted by atomic mass is 32.2. The van der Waals surface area contributed by atoms with Gasteiger partial charge in [0.15, 0.2) is 0 Å². The van der Waals surface area contributed by atoms with Crippen LogP contribution in [0, 0.1) is 0 Å². The average Bonchev–Trinajstić information content (AvgIpc) is 2.47. The Labute approximate surface area is 124 Å². The molecule has 0 spiro atoms. The van der Waals surface area contributed by atoms with Crippen LogP contribution >= 0.6 is 12.2 Å². The predicted octanol–water partition coefficient (Wildman–Crippen LogP) is 0.515. The second-order valence-corrected chi connectivity index (χ2v) is 6.98. The van der Waals surface area contributed by atoms with Crippen molar-refractivity contribution < 1.29 is 13.2 Å². The molecule has 2 heterocycles. The lowest BCUT2D eigenvalue weighted by Gasteiger charge is -2.30. The smallest absolute Gasteiger partial charge is 0.245 e. The molecule has 1 aliphatic heterocycles. The maximum atomic E-state index is 12.7. The Morgan fingerprint density at radius 3 is 2.75 bits per heavy atom. The number of hydrogen-bond donors (Lipinski definition) is 1. The summed E-state index contributed by atoms with van der Waals surface area (Å²) in [4.78, 5) is 4.01. The van der Waals surface area contributed by atoms with Crippen molar-refractivity contribution in [3.05, 3.63) is 24.0 Å². The highest BCUT2D eigenvalue weighted by Gasteiger charge is 2.31. The standard InChI is InChI=1S/C12H17N3O3S2/c1-15(9-4-7-18-8-5-9)20(16,17)10-3-2-6-14-11(10)12(13)19/h2-3,6,9H,4-5,7-8H2,1H3,(H2,13,19). The van der Waals surface area contributed by atoms with E-state index < -0.39 is 10.0 Å². The summed E-state index contributed by atoms with van der Waals surface area (Å²) >= 11 is 4.87. The van der Waals surface area contributed by atoms with Crippen LogP contribution in [0.3, 0.4) is 0 Å². The van der Waals surface area contributed by atoms with Crippen molar-refractivity contribution in [2.75, 3.05) is 20.3 Å². The Balaban J connectivity index is 2.37. The zero-order chi connectivity index (χ0) is 14.8. The Bertz CT molecular complexity index is 598. The quantitative estimate of drug-likeness (QED) is 0.815. The van der Waals surface area contributed by atoms with Crippen molar-refractivity contribution >= 4 is 27.2 Å². The molecular weight excluding hydrogens is 298 g/mol. The number of rotatable bonds is 4. The second kappa shape index (κ2) is 6.13. The van der Waals surface area contributed by atoms with Crippen LogP contribution in [0.5, 0.6) is 0 Å². The molecule has 6 nitrogen and oxygen atoms in total. The summed E-state index contributed by atoms with van der Waals surface area (Å²) in [6.07, 6.45) is 2.83. The van der Waals surface area contributed by atoms with Crippen LogP contribution in [0.4, 0.5) is 0 Å². The molecule has 0 saturated carbocycles. The van der Waals surface area contributed by atoms with Gasteiger partial charge in [-0.3, -0.25) is 4.98 Å². The molecule has 0 aliphatic carbocycles. The predicted molar refractivity (Wildman–Crippen MR) is 78.9 cm³/mol. The number of ether oxygens (including phenoxy) is 1. The fourth-order valence-electron chi connectivity index (χ4n) is 2.18. The first kappa shape index (κ1) is 15.3. The van der Waals surface area contributed by atoms with E-state index >= 15 is 0 Å². The first-order valence-corrected chi connectivity index (χ1v) is 8.10. The molecule has 0 unspecified atom stereocenters. The highest BCUT2D eigenvalue weighted by Crippen LogP contribution is 2.23. The Morgan fingerprint density at radius 2 is 2.15 bits per heavy atom. The monoisotopic (exact) mass is 315 g/mol. The summed E-state index contributed by atoms with van der Waals surface area (Å²) in [5, 5.41) is 0. The van der Waals surface area contributed by atoms with Gasteiger partial charge >= 0.3 is 0 Å². The van der Waals surface area contributed by atoms with E-state index in [0.717, 1.165) is 0 Å². The van der Waals surface area contributed by atoms with E-state index in [1.807, 2.05) is 0 Å². The van der Waals surface area contributed by atoms with Crippen molar-refractivity contribution in [1.82, 2.24) is 9.29 Å². The van der Waals surface area contributed by atoms with Gasteiger partial charge in [0.1, 0.15) is 15.6 Å². The number of thiocarbonyl (C=S) groups is 1. The molecule has 1 saturated heterocycles. The molecule has 110 valence electrons. The lowest BCUT2D eigenvalue weighted by molar-refractivity contribution is 0.0632. The fourth-order valence-corrected chi connectivity index (χ4v) is 3.98. The minimum atomic E-state index is -3.67. The molecule has 0 aromatic carbocycles. The lowest BCUT2D eigenvalue weighted by atomic mass is 10.1. The third kappa shape index (κ3) is 2.98. The molecule has 0 atom stereocenters. The zero-order valence-electron chi connectivity index (χ0n) is 11.2. The third-order valence-electron chi connectivity index (χ3n) is 3.37. The number of hydrogen-bond acceptors (Lipinski definition) is 5. The van der Waals surface area contributed by atoms with Gasteiger partial charge in [0, 0.05) is 32.5 Å². The van der Waals surface area contributed by atoms with Crippen molar-refractivity contribution in [3.8, 4) is 0 Å². The number of aromatic nitrogens is 1. The minimum absolute atomic E-state index is 0.0236. The maximum Gasteiger partial charge on any atom is 0.245 e. The second-order valence-electron chi connectivity index (χ2n) is 4.58. The summed E-state index contributed by atoms with van der Waals surface area (Å²) in [6, 6.07) is 2.97. The molecule has 2 N–H and O–H groups in total. The first-order valence-electron chi connectivity index (χ1n) is 6.25. The number of nitrogens with zero attached hydrogens (tertiary/aromatic N) is 2. The van der Waals surface area contributed by atoms with E-state index in [9.17, 15) is 8.42 Å². The van der Waals surface area contributed by atoms with Gasteiger partial charge in [-0.05, 0) is 25.0 Å². The van der Waals surface area contributed by atoms with Gasteiger partial charge < -0.3 is 10.5 Å². The first-order chi connectivity index (χ1) is 9.44. The van der Waals surface area contributed by atoms with Crippen molar-refractivity contribution in [2.24, 2.45) is 5.73 Å².